The van der Waals surface area contributed by atoms with Crippen LogP contribution in [-0.4, -0.2) is 31.4 Å². The highest BCUT2D eigenvalue weighted by Crippen LogP contribution is 1.91. The van der Waals surface area contributed by atoms with E-state index >= 15 is 0 Å². The number of hydrogen-bond donors (Lipinski definition) is 3. The first-order valence-electron chi connectivity index (χ1n) is 3.38. The second-order valence-electron chi connectivity index (χ2n) is 2.25. The van der Waals surface area contributed by atoms with Crippen LogP contribution in [0, 0.1) is 0 Å². The molecule has 6 heteroatoms. The summed E-state index contributed by atoms with van der Waals surface area (Å²) in [6.07, 6.45) is 0.694. The van der Waals surface area contributed by atoms with E-state index in [1.54, 1.807) is 0 Å². The molecule has 0 radical (unpaired) electrons. The van der Waals surface area contributed by atoms with Crippen LogP contribution in [-0.2, 0) is 10.1 Å². The van der Waals surface area contributed by atoms with Crippen LogP contribution in [0.4, 0.5) is 0 Å². The van der Waals surface area contributed by atoms with Crippen LogP contribution in [0.5, 0.6) is 0 Å². The maximum Gasteiger partial charge on any atom is 0.280 e. The van der Waals surface area contributed by atoms with E-state index in [9.17, 15) is 8.42 Å². The van der Waals surface area contributed by atoms with Gasteiger partial charge < -0.3 is 5.73 Å². The maximum absolute atomic E-state index is 10.4. The maximum atomic E-state index is 10.4. The molecule has 0 rings (SSSR count). The summed E-state index contributed by atoms with van der Waals surface area (Å²) in [7, 11) is -3.94. The molecule has 0 saturated carbocycles. The predicted molar refractivity (Wildman–Crippen MR) is 42.7 cm³/mol. The van der Waals surface area contributed by atoms with Crippen molar-refractivity contribution in [2.75, 3.05) is 13.1 Å². The molecule has 0 saturated heterocycles. The van der Waals surface area contributed by atoms with E-state index in [4.69, 9.17) is 10.3 Å². The SMILES string of the molecule is CC(NCCCN)S(=O)(=O)O. The largest absolute Gasteiger partial charge is 0.330 e. The molecule has 0 aliphatic rings. The number of nitrogens with two attached hydrogens (primary N) is 1. The first-order chi connectivity index (χ1) is 4.98. The van der Waals surface area contributed by atoms with Crippen molar-refractivity contribution < 1.29 is 13.0 Å². The zero-order valence-electron chi connectivity index (χ0n) is 6.45. The van der Waals surface area contributed by atoms with Crippen LogP contribution < -0.4 is 11.1 Å². The predicted octanol–water partition coefficient (Wildman–Crippen LogP) is -0.841. The Labute approximate surface area is 66.7 Å². The number of rotatable bonds is 5. The van der Waals surface area contributed by atoms with Crippen LogP contribution in [0.25, 0.3) is 0 Å². The molecule has 0 heterocycles. The van der Waals surface area contributed by atoms with E-state index in [-0.39, 0.29) is 0 Å². The summed E-state index contributed by atoms with van der Waals surface area (Å²) in [6, 6.07) is 0. The lowest BCUT2D eigenvalue weighted by atomic mass is 10.4. The van der Waals surface area contributed by atoms with Crippen LogP contribution >= 0.6 is 0 Å². The molecule has 0 aromatic rings. The molecule has 0 spiro atoms. The van der Waals surface area contributed by atoms with Gasteiger partial charge in [0.2, 0.25) is 0 Å². The van der Waals surface area contributed by atoms with Gasteiger partial charge in [-0.25, -0.2) is 0 Å². The average molecular weight is 182 g/mol. The van der Waals surface area contributed by atoms with Gasteiger partial charge in [0.15, 0.2) is 0 Å². The van der Waals surface area contributed by atoms with Gasteiger partial charge in [-0.2, -0.15) is 8.42 Å². The van der Waals surface area contributed by atoms with Crippen molar-refractivity contribution in [2.24, 2.45) is 5.73 Å². The molecule has 11 heavy (non-hydrogen) atoms. The quantitative estimate of drug-likeness (QED) is 0.381. The highest BCUT2D eigenvalue weighted by Gasteiger charge is 2.14. The van der Waals surface area contributed by atoms with Crippen LogP contribution in [0.15, 0.2) is 0 Å². The number of nitrogens with one attached hydrogen (secondary N) is 1. The van der Waals surface area contributed by atoms with E-state index < -0.39 is 15.5 Å². The van der Waals surface area contributed by atoms with Gasteiger partial charge >= 0.3 is 0 Å². The van der Waals surface area contributed by atoms with Gasteiger partial charge in [0.05, 0.1) is 0 Å². The summed E-state index contributed by atoms with van der Waals surface area (Å²) >= 11 is 0. The lowest BCUT2D eigenvalue weighted by Gasteiger charge is -2.08. The topological polar surface area (TPSA) is 92.4 Å². The number of hydrogen-bond acceptors (Lipinski definition) is 4. The van der Waals surface area contributed by atoms with E-state index in [1.807, 2.05) is 0 Å². The minimum Gasteiger partial charge on any atom is -0.330 e. The van der Waals surface area contributed by atoms with Crippen molar-refractivity contribution >= 4 is 10.1 Å². The molecule has 4 N–H and O–H groups in total. The van der Waals surface area contributed by atoms with Gasteiger partial charge in [0, 0.05) is 0 Å². The molecule has 0 fully saturated rings. The van der Waals surface area contributed by atoms with Crippen molar-refractivity contribution in [1.29, 1.82) is 0 Å². The van der Waals surface area contributed by atoms with Crippen molar-refractivity contribution in [2.45, 2.75) is 18.7 Å². The fraction of sp³-hybridized carbons (Fsp3) is 1.00. The molecule has 68 valence electrons. The van der Waals surface area contributed by atoms with Crippen molar-refractivity contribution in [3.63, 3.8) is 0 Å². The lowest BCUT2D eigenvalue weighted by molar-refractivity contribution is 0.455. The molecule has 5 nitrogen and oxygen atoms in total. The van der Waals surface area contributed by atoms with Crippen LogP contribution in [0.2, 0.25) is 0 Å². The molecule has 0 aliphatic carbocycles. The first kappa shape index (κ1) is 10.8. The normalized spacial score (nSPS) is 14.8. The molecule has 0 aromatic heterocycles. The Kier molecular flexibility index (Phi) is 4.58. The highest BCUT2D eigenvalue weighted by molar-refractivity contribution is 7.86. The standard InChI is InChI=1S/C5H14N2O3S/c1-5(11(8,9)10)7-4-2-3-6/h5,7H,2-4,6H2,1H3,(H,8,9,10). The van der Waals surface area contributed by atoms with Crippen molar-refractivity contribution in [3.05, 3.63) is 0 Å². The molecule has 1 unspecified atom stereocenters. The summed E-state index contributed by atoms with van der Waals surface area (Å²) in [4.78, 5) is 0. The second kappa shape index (κ2) is 4.66. The van der Waals surface area contributed by atoms with Gasteiger partial charge in [-0.3, -0.25) is 9.87 Å². The van der Waals surface area contributed by atoms with Gasteiger partial charge in [-0.15, -0.1) is 0 Å². The van der Waals surface area contributed by atoms with E-state index in [1.165, 1.54) is 6.92 Å². The van der Waals surface area contributed by atoms with Gasteiger partial charge in [-0.1, -0.05) is 0 Å². The third-order valence-corrected chi connectivity index (χ3v) is 2.32. The van der Waals surface area contributed by atoms with E-state index in [2.05, 4.69) is 5.32 Å². The summed E-state index contributed by atoms with van der Waals surface area (Å²) in [5.74, 6) is 0. The Hall–Kier alpha value is -0.170. The van der Waals surface area contributed by atoms with E-state index in [0.29, 0.717) is 19.5 Å². The van der Waals surface area contributed by atoms with E-state index in [0.717, 1.165) is 0 Å². The Morgan fingerprint density at radius 2 is 2.18 bits per heavy atom. The van der Waals surface area contributed by atoms with Gasteiger partial charge in [-0.05, 0) is 26.4 Å². The summed E-state index contributed by atoms with van der Waals surface area (Å²) in [6.45, 7) is 2.38. The molecule has 0 aromatic carbocycles. The van der Waals surface area contributed by atoms with Gasteiger partial charge in [0.25, 0.3) is 10.1 Å². The van der Waals surface area contributed by atoms with Gasteiger partial charge in [0.1, 0.15) is 5.37 Å². The molecule has 0 aliphatic heterocycles. The third kappa shape index (κ3) is 5.14. The smallest absolute Gasteiger partial charge is 0.280 e. The van der Waals surface area contributed by atoms with Crippen LogP contribution in [0.3, 0.4) is 0 Å². The lowest BCUT2D eigenvalue weighted by Crippen LogP contribution is -2.34. The minimum atomic E-state index is -3.94. The molecular weight excluding hydrogens is 168 g/mol. The summed E-state index contributed by atoms with van der Waals surface area (Å²) < 4.78 is 29.2. The Bertz CT molecular complexity index is 190. The molecule has 0 bridgehead atoms. The molecular formula is C5H14N2O3S. The van der Waals surface area contributed by atoms with Crippen LogP contribution in [0.1, 0.15) is 13.3 Å². The zero-order chi connectivity index (χ0) is 8.91. The third-order valence-electron chi connectivity index (χ3n) is 1.26. The monoisotopic (exact) mass is 182 g/mol. The Morgan fingerprint density at radius 3 is 2.55 bits per heavy atom. The Balaban J connectivity index is 3.62. The molecule has 0 amide bonds. The van der Waals surface area contributed by atoms with Crippen molar-refractivity contribution in [1.82, 2.24) is 5.32 Å². The fourth-order valence-corrected chi connectivity index (χ4v) is 0.841. The second-order valence-corrected chi connectivity index (χ2v) is 3.99. The fourth-order valence-electron chi connectivity index (χ4n) is 0.513. The highest BCUT2D eigenvalue weighted by atomic mass is 32.2. The first-order valence-corrected chi connectivity index (χ1v) is 4.88. The minimum absolute atomic E-state index is 0.497. The van der Waals surface area contributed by atoms with Crippen molar-refractivity contribution in [3.8, 4) is 0 Å². The summed E-state index contributed by atoms with van der Waals surface area (Å²) in [5, 5.41) is 1.70. The summed E-state index contributed by atoms with van der Waals surface area (Å²) in [5.41, 5.74) is 5.17. The Morgan fingerprint density at radius 1 is 1.64 bits per heavy atom. The zero-order valence-corrected chi connectivity index (χ0v) is 7.26. The average Bonchev–Trinajstić information content (AvgIpc) is 1.86. The molecule has 1 atom stereocenters.